The molecule has 0 saturated heterocycles. The van der Waals surface area contributed by atoms with Gasteiger partial charge in [-0.25, -0.2) is 4.79 Å². The summed E-state index contributed by atoms with van der Waals surface area (Å²) < 4.78 is 3.28. The van der Waals surface area contributed by atoms with Crippen molar-refractivity contribution in [3.8, 4) is 0 Å². The van der Waals surface area contributed by atoms with Gasteiger partial charge in [0.1, 0.15) is 0 Å². The first-order valence-electron chi connectivity index (χ1n) is 7.34. The molecule has 1 aromatic carbocycles. The van der Waals surface area contributed by atoms with Crippen molar-refractivity contribution in [2.24, 2.45) is 0 Å². The van der Waals surface area contributed by atoms with Crippen LogP contribution in [0.2, 0.25) is 10.0 Å². The van der Waals surface area contributed by atoms with Gasteiger partial charge in [-0.15, -0.1) is 11.6 Å². The molecule has 1 aliphatic carbocycles. The molecule has 0 aliphatic heterocycles. The van der Waals surface area contributed by atoms with Crippen molar-refractivity contribution in [2.75, 3.05) is 18.2 Å². The van der Waals surface area contributed by atoms with Crippen molar-refractivity contribution in [3.63, 3.8) is 0 Å². The van der Waals surface area contributed by atoms with Crippen LogP contribution in [0.15, 0.2) is 18.2 Å². The van der Waals surface area contributed by atoms with E-state index in [-0.39, 0.29) is 18.0 Å². The summed E-state index contributed by atoms with van der Waals surface area (Å²) in [6, 6.07) is 5.32. The molecule has 1 aromatic rings. The summed E-state index contributed by atoms with van der Waals surface area (Å²) in [5.41, 5.74) is 0.841. The Kier molecular flexibility index (Phi) is 7.03. The number of benzene rings is 1. The molecule has 24 heavy (non-hydrogen) atoms. The first-order chi connectivity index (χ1) is 11.2. The number of hydrogen-bond acceptors (Lipinski definition) is 3. The van der Waals surface area contributed by atoms with Crippen LogP contribution in [-0.2, 0) is 4.74 Å². The van der Waals surface area contributed by atoms with Crippen LogP contribution in [0.5, 0.6) is 0 Å². The number of carbonyl (C=O) groups excluding carboxylic acids is 1. The Labute approximate surface area is 166 Å². The normalized spacial score (nSPS) is 20.8. The lowest BCUT2D eigenvalue weighted by Gasteiger charge is -2.31. The highest BCUT2D eigenvalue weighted by atomic mass is 35.5. The number of amides is 1. The van der Waals surface area contributed by atoms with E-state index in [0.717, 1.165) is 24.9 Å². The van der Waals surface area contributed by atoms with Crippen molar-refractivity contribution in [3.05, 3.63) is 28.2 Å². The van der Waals surface area contributed by atoms with Gasteiger partial charge in [0.25, 0.3) is 4.52 Å². The largest absolute Gasteiger partial charge is 0.412 e. The van der Waals surface area contributed by atoms with E-state index in [9.17, 15) is 4.79 Å². The number of likely N-dealkylation sites (N-methyl/N-ethyl adjacent to an activating group) is 1. The van der Waals surface area contributed by atoms with Crippen LogP contribution in [0.25, 0.3) is 0 Å². The van der Waals surface area contributed by atoms with Crippen molar-refractivity contribution < 1.29 is 9.53 Å². The summed E-state index contributed by atoms with van der Waals surface area (Å²) in [4.78, 5) is 13.7. The van der Waals surface area contributed by atoms with Crippen LogP contribution in [0.1, 0.15) is 19.3 Å². The van der Waals surface area contributed by atoms with Crippen molar-refractivity contribution in [2.45, 2.75) is 35.9 Å². The molecule has 0 spiro atoms. The van der Waals surface area contributed by atoms with Crippen molar-refractivity contribution >= 4 is 69.8 Å². The van der Waals surface area contributed by atoms with Crippen molar-refractivity contribution in [1.82, 2.24) is 4.90 Å². The third-order valence-electron chi connectivity index (χ3n) is 3.93. The molecule has 1 N–H and O–H groups in total. The fraction of sp³-hybridized carbons (Fsp3) is 0.533. The summed E-state index contributed by atoms with van der Waals surface area (Å²) in [6.45, 7) is 0. The molecule has 1 fully saturated rings. The van der Waals surface area contributed by atoms with E-state index in [1.54, 1.807) is 19.2 Å². The van der Waals surface area contributed by atoms with Gasteiger partial charge in [0.2, 0.25) is 0 Å². The number of carbonyl (C=O) groups is 1. The minimum Gasteiger partial charge on any atom is -0.411 e. The standard InChI is InChI=1S/C15H17Cl5N2O2/c1-22(14(23)24-15(19,20)8-16)13-4-2-3-12(13)21-9-5-6-10(17)11(18)7-9/h5-7,12-13,21H,2-4,8H2,1H3. The molecular formula is C15H17Cl5N2O2. The van der Waals surface area contributed by atoms with Gasteiger partial charge in [-0.3, -0.25) is 0 Å². The van der Waals surface area contributed by atoms with E-state index in [0.29, 0.717) is 10.0 Å². The number of ether oxygens (including phenoxy) is 1. The van der Waals surface area contributed by atoms with Gasteiger partial charge in [-0.2, -0.15) is 0 Å². The molecule has 0 aromatic heterocycles. The molecule has 2 unspecified atom stereocenters. The number of alkyl halides is 3. The molecule has 9 heteroatoms. The first-order valence-corrected chi connectivity index (χ1v) is 9.39. The number of nitrogens with one attached hydrogen (secondary N) is 1. The van der Waals surface area contributed by atoms with Gasteiger partial charge >= 0.3 is 6.09 Å². The zero-order valence-corrected chi connectivity index (χ0v) is 16.6. The van der Waals surface area contributed by atoms with E-state index in [4.69, 9.17) is 62.7 Å². The average Bonchev–Trinajstić information content (AvgIpc) is 2.97. The second-order valence-electron chi connectivity index (χ2n) is 5.63. The van der Waals surface area contributed by atoms with Crippen LogP contribution in [0, 0.1) is 0 Å². The molecule has 134 valence electrons. The van der Waals surface area contributed by atoms with Gasteiger partial charge < -0.3 is 15.0 Å². The Morgan fingerprint density at radius 2 is 2.04 bits per heavy atom. The Balaban J connectivity index is 2.03. The smallest absolute Gasteiger partial charge is 0.411 e. The van der Waals surface area contributed by atoms with E-state index in [2.05, 4.69) is 5.32 Å². The number of rotatable bonds is 5. The Hall–Kier alpha value is -0.260. The van der Waals surface area contributed by atoms with E-state index < -0.39 is 10.6 Å². The predicted molar refractivity (Wildman–Crippen MR) is 101 cm³/mol. The fourth-order valence-corrected chi connectivity index (χ4v) is 3.22. The van der Waals surface area contributed by atoms with Crippen LogP contribution in [-0.4, -0.2) is 40.5 Å². The Bertz CT molecular complexity index is 599. The molecule has 0 heterocycles. The lowest BCUT2D eigenvalue weighted by molar-refractivity contribution is 0.0784. The lowest BCUT2D eigenvalue weighted by Crippen LogP contribution is -2.46. The molecule has 1 aliphatic rings. The molecule has 0 bridgehead atoms. The number of halogens is 5. The minimum atomic E-state index is -1.74. The third kappa shape index (κ3) is 5.12. The summed E-state index contributed by atoms with van der Waals surface area (Å²) in [7, 11) is 1.65. The summed E-state index contributed by atoms with van der Waals surface area (Å²) in [5.74, 6) is -0.217. The molecule has 1 amide bonds. The second kappa shape index (κ2) is 8.41. The minimum absolute atomic E-state index is 0.0517. The maximum atomic E-state index is 12.2. The maximum Gasteiger partial charge on any atom is 0.412 e. The Morgan fingerprint density at radius 3 is 2.67 bits per heavy atom. The molecule has 2 rings (SSSR count). The van der Waals surface area contributed by atoms with Crippen LogP contribution < -0.4 is 5.32 Å². The van der Waals surface area contributed by atoms with Gasteiger partial charge in [0.15, 0.2) is 0 Å². The van der Waals surface area contributed by atoms with E-state index in [1.165, 1.54) is 4.90 Å². The van der Waals surface area contributed by atoms with Crippen LogP contribution in [0.3, 0.4) is 0 Å². The summed E-state index contributed by atoms with van der Waals surface area (Å²) >= 11 is 29.1. The van der Waals surface area contributed by atoms with E-state index in [1.807, 2.05) is 6.07 Å². The number of nitrogens with zero attached hydrogens (tertiary/aromatic N) is 1. The first kappa shape index (κ1) is 20.1. The quantitative estimate of drug-likeness (QED) is 0.599. The zero-order valence-electron chi connectivity index (χ0n) is 12.9. The topological polar surface area (TPSA) is 41.6 Å². The highest BCUT2D eigenvalue weighted by molar-refractivity contribution is 6.50. The lowest BCUT2D eigenvalue weighted by atomic mass is 10.1. The highest BCUT2D eigenvalue weighted by Crippen LogP contribution is 2.31. The molecule has 4 nitrogen and oxygen atoms in total. The number of hydrogen-bond donors (Lipinski definition) is 1. The average molecular weight is 435 g/mol. The summed E-state index contributed by atoms with van der Waals surface area (Å²) in [6.07, 6.45) is 2.10. The molecule has 2 atom stereocenters. The van der Waals surface area contributed by atoms with E-state index >= 15 is 0 Å². The van der Waals surface area contributed by atoms with Gasteiger partial charge in [0.05, 0.1) is 22.0 Å². The fourth-order valence-electron chi connectivity index (χ4n) is 2.73. The number of anilines is 1. The monoisotopic (exact) mass is 432 g/mol. The maximum absolute atomic E-state index is 12.2. The van der Waals surface area contributed by atoms with Gasteiger partial charge in [-0.1, -0.05) is 46.4 Å². The molecular weight excluding hydrogens is 417 g/mol. The van der Waals surface area contributed by atoms with Gasteiger partial charge in [0, 0.05) is 18.8 Å². The van der Waals surface area contributed by atoms with Crippen molar-refractivity contribution in [1.29, 1.82) is 0 Å². The van der Waals surface area contributed by atoms with Crippen LogP contribution in [0.4, 0.5) is 10.5 Å². The molecule has 0 radical (unpaired) electrons. The van der Waals surface area contributed by atoms with Crippen LogP contribution >= 0.6 is 58.0 Å². The zero-order chi connectivity index (χ0) is 17.9. The third-order valence-corrected chi connectivity index (χ3v) is 5.74. The summed E-state index contributed by atoms with van der Waals surface area (Å²) in [5, 5.41) is 4.35. The van der Waals surface area contributed by atoms with Gasteiger partial charge in [-0.05, 0) is 37.5 Å². The second-order valence-corrected chi connectivity index (χ2v) is 8.12. The predicted octanol–water partition coefficient (Wildman–Crippen LogP) is 5.77. The SMILES string of the molecule is CN(C(=O)OC(Cl)(Cl)CCl)C1CCCC1Nc1ccc(Cl)c(Cl)c1. The molecule has 1 saturated carbocycles. The Morgan fingerprint density at radius 1 is 1.33 bits per heavy atom. The highest BCUT2D eigenvalue weighted by Gasteiger charge is 2.36.